The molecule has 1 aromatic carbocycles. The summed E-state index contributed by atoms with van der Waals surface area (Å²) in [5.41, 5.74) is 1.74. The maximum atomic E-state index is 10.4. The summed E-state index contributed by atoms with van der Waals surface area (Å²) in [6.07, 6.45) is 2.86. The largest absolute Gasteiger partial charge is 0.399 e. The second kappa shape index (κ2) is 6.39. The van der Waals surface area contributed by atoms with E-state index in [0.29, 0.717) is 12.0 Å². The lowest BCUT2D eigenvalue weighted by atomic mass is 10.1. The first-order valence-corrected chi connectivity index (χ1v) is 4.44. The lowest BCUT2D eigenvalue weighted by Crippen LogP contribution is -1.84. The quantitative estimate of drug-likeness (QED) is 0.323. The summed E-state index contributed by atoms with van der Waals surface area (Å²) in [4.78, 5) is 14.8. The number of nitrogens with zero attached hydrogens (tertiary/aromatic N) is 1. The van der Waals surface area contributed by atoms with E-state index >= 15 is 0 Å². The van der Waals surface area contributed by atoms with Gasteiger partial charge in [-0.15, -0.1) is 0 Å². The van der Waals surface area contributed by atoms with Gasteiger partial charge in [0.2, 0.25) is 0 Å². The molecule has 0 aliphatic rings. The summed E-state index contributed by atoms with van der Waals surface area (Å²) < 4.78 is 0. The van der Waals surface area contributed by atoms with E-state index in [1.165, 1.54) is 13.3 Å². The van der Waals surface area contributed by atoms with Crippen LogP contribution in [0.5, 0.6) is 0 Å². The highest BCUT2D eigenvalue weighted by atomic mass is 16.6. The lowest BCUT2D eigenvalue weighted by molar-refractivity contribution is 0.112. The Balaban J connectivity index is 2.53. The average Bonchev–Trinajstić information content (AvgIpc) is 2.30. The minimum absolute atomic E-state index is 0.634. The number of carbonyl (C=O) groups is 1. The molecule has 0 atom stereocenters. The summed E-state index contributed by atoms with van der Waals surface area (Å²) in [5, 5.41) is 3.49. The molecule has 0 radical (unpaired) electrons. The van der Waals surface area contributed by atoms with E-state index < -0.39 is 0 Å². The molecule has 0 unspecified atom stereocenters. The molecule has 0 heterocycles. The summed E-state index contributed by atoms with van der Waals surface area (Å²) in [6, 6.07) is 7.30. The Morgan fingerprint density at radius 3 is 2.73 bits per heavy atom. The van der Waals surface area contributed by atoms with Crippen LogP contribution in [0.1, 0.15) is 15.9 Å². The minimum atomic E-state index is 0.634. The predicted octanol–water partition coefficient (Wildman–Crippen LogP) is 1.68. The molecule has 3 heteroatoms. The number of benzene rings is 1. The van der Waals surface area contributed by atoms with Gasteiger partial charge in [0, 0.05) is 12.0 Å². The van der Waals surface area contributed by atoms with Crippen molar-refractivity contribution >= 4 is 12.5 Å². The maximum absolute atomic E-state index is 10.4. The second-order valence-corrected chi connectivity index (χ2v) is 2.77. The first-order chi connectivity index (χ1) is 7.36. The van der Waals surface area contributed by atoms with E-state index in [9.17, 15) is 4.79 Å². The fraction of sp³-hybridized carbons (Fsp3) is 0.167. The molecular weight excluding hydrogens is 190 g/mol. The van der Waals surface area contributed by atoms with E-state index in [2.05, 4.69) is 21.8 Å². The van der Waals surface area contributed by atoms with Crippen molar-refractivity contribution in [1.82, 2.24) is 0 Å². The van der Waals surface area contributed by atoms with Crippen LogP contribution in [0.3, 0.4) is 0 Å². The van der Waals surface area contributed by atoms with Gasteiger partial charge in [0.05, 0.1) is 0 Å². The molecule has 15 heavy (non-hydrogen) atoms. The third-order valence-corrected chi connectivity index (χ3v) is 1.73. The Morgan fingerprint density at radius 2 is 2.13 bits per heavy atom. The summed E-state index contributed by atoms with van der Waals surface area (Å²) in [7, 11) is 1.47. The van der Waals surface area contributed by atoms with Gasteiger partial charge in [0.1, 0.15) is 19.6 Å². The fourth-order valence-electron chi connectivity index (χ4n) is 0.992. The molecule has 0 aliphatic carbocycles. The Bertz CT molecular complexity index is 396. The summed E-state index contributed by atoms with van der Waals surface area (Å²) in [6.45, 7) is 0. The number of carbonyl (C=O) groups excluding carboxylic acids is 1. The van der Waals surface area contributed by atoms with Crippen LogP contribution in [0.2, 0.25) is 0 Å². The first-order valence-electron chi connectivity index (χ1n) is 4.44. The molecule has 0 bridgehead atoms. The molecule has 1 aromatic rings. The van der Waals surface area contributed by atoms with Crippen molar-refractivity contribution in [1.29, 1.82) is 0 Å². The standard InChI is InChI=1S/C12H11NO2/c1-15-13-9-3-2-4-11-5-7-12(10-14)8-6-11/h5-10H,4H2,1H3/b13-9+. The third-order valence-electron chi connectivity index (χ3n) is 1.73. The van der Waals surface area contributed by atoms with E-state index in [1.807, 2.05) is 12.1 Å². The van der Waals surface area contributed by atoms with Gasteiger partial charge in [-0.2, -0.15) is 0 Å². The van der Waals surface area contributed by atoms with Gasteiger partial charge in [-0.25, -0.2) is 0 Å². The molecule has 0 aliphatic heterocycles. The van der Waals surface area contributed by atoms with Gasteiger partial charge in [-0.05, 0) is 5.56 Å². The van der Waals surface area contributed by atoms with E-state index in [4.69, 9.17) is 0 Å². The van der Waals surface area contributed by atoms with E-state index in [0.717, 1.165) is 11.8 Å². The highest BCUT2D eigenvalue weighted by Gasteiger charge is 1.90. The molecular formula is C12H11NO2. The zero-order chi connectivity index (χ0) is 10.9. The van der Waals surface area contributed by atoms with Gasteiger partial charge in [-0.3, -0.25) is 4.79 Å². The van der Waals surface area contributed by atoms with Gasteiger partial charge >= 0.3 is 0 Å². The molecule has 0 amide bonds. The highest BCUT2D eigenvalue weighted by molar-refractivity contribution is 5.77. The molecule has 76 valence electrons. The Labute approximate surface area is 88.7 Å². The van der Waals surface area contributed by atoms with Crippen molar-refractivity contribution in [3.63, 3.8) is 0 Å². The molecule has 0 spiro atoms. The summed E-state index contributed by atoms with van der Waals surface area (Å²) >= 11 is 0. The van der Waals surface area contributed by atoms with Crippen molar-refractivity contribution < 1.29 is 9.63 Å². The minimum Gasteiger partial charge on any atom is -0.399 e. The normalized spacial score (nSPS) is 9.40. The van der Waals surface area contributed by atoms with Crippen molar-refractivity contribution in [2.75, 3.05) is 7.11 Å². The number of oxime groups is 1. The highest BCUT2D eigenvalue weighted by Crippen LogP contribution is 2.02. The SMILES string of the molecule is CO/N=C/C#CCc1ccc(C=O)cc1. The van der Waals surface area contributed by atoms with Crippen LogP contribution in [0.25, 0.3) is 0 Å². The van der Waals surface area contributed by atoms with Crippen LogP contribution in [0, 0.1) is 11.8 Å². The molecule has 0 saturated heterocycles. The third kappa shape index (κ3) is 4.10. The van der Waals surface area contributed by atoms with Crippen LogP contribution >= 0.6 is 0 Å². The molecule has 0 fully saturated rings. The molecule has 3 nitrogen and oxygen atoms in total. The second-order valence-electron chi connectivity index (χ2n) is 2.77. The maximum Gasteiger partial charge on any atom is 0.150 e. The average molecular weight is 201 g/mol. The lowest BCUT2D eigenvalue weighted by Gasteiger charge is -1.94. The van der Waals surface area contributed by atoms with Crippen LogP contribution in [0.4, 0.5) is 0 Å². The van der Waals surface area contributed by atoms with Crippen molar-refractivity contribution in [3.05, 3.63) is 35.4 Å². The van der Waals surface area contributed by atoms with Crippen molar-refractivity contribution in [2.45, 2.75) is 6.42 Å². The monoisotopic (exact) mass is 201 g/mol. The first kappa shape index (κ1) is 11.0. The zero-order valence-electron chi connectivity index (χ0n) is 8.43. The van der Waals surface area contributed by atoms with Gasteiger partial charge in [0.25, 0.3) is 0 Å². The van der Waals surface area contributed by atoms with E-state index in [-0.39, 0.29) is 0 Å². The Hall–Kier alpha value is -2.08. The molecule has 0 aromatic heterocycles. The number of hydrogen-bond acceptors (Lipinski definition) is 3. The topological polar surface area (TPSA) is 38.7 Å². The Morgan fingerprint density at radius 1 is 1.40 bits per heavy atom. The van der Waals surface area contributed by atoms with Gasteiger partial charge < -0.3 is 4.84 Å². The zero-order valence-corrected chi connectivity index (χ0v) is 8.43. The smallest absolute Gasteiger partial charge is 0.150 e. The number of hydrogen-bond donors (Lipinski definition) is 0. The summed E-state index contributed by atoms with van der Waals surface area (Å²) in [5.74, 6) is 5.63. The number of rotatable bonds is 3. The van der Waals surface area contributed by atoms with Crippen LogP contribution < -0.4 is 0 Å². The number of aldehydes is 1. The van der Waals surface area contributed by atoms with Crippen LogP contribution in [-0.4, -0.2) is 19.6 Å². The molecule has 0 saturated carbocycles. The van der Waals surface area contributed by atoms with Crippen LogP contribution in [0.15, 0.2) is 29.4 Å². The molecule has 1 rings (SSSR count). The predicted molar refractivity (Wildman–Crippen MR) is 58.8 cm³/mol. The van der Waals surface area contributed by atoms with Crippen molar-refractivity contribution in [2.24, 2.45) is 5.16 Å². The fourth-order valence-corrected chi connectivity index (χ4v) is 0.992. The van der Waals surface area contributed by atoms with Gasteiger partial charge in [0.15, 0.2) is 0 Å². The Kier molecular flexibility index (Phi) is 4.68. The van der Waals surface area contributed by atoms with Crippen LogP contribution in [-0.2, 0) is 11.3 Å². The van der Waals surface area contributed by atoms with Gasteiger partial charge in [-0.1, -0.05) is 41.3 Å². The molecule has 0 N–H and O–H groups in total. The van der Waals surface area contributed by atoms with E-state index in [1.54, 1.807) is 12.1 Å². The van der Waals surface area contributed by atoms with Crippen molar-refractivity contribution in [3.8, 4) is 11.8 Å².